The first kappa shape index (κ1) is 111. The second kappa shape index (κ2) is 56.1. The van der Waals surface area contributed by atoms with Crippen LogP contribution in [-0.2, 0) is 144 Å². The second-order valence-corrected chi connectivity index (χ2v) is 39.6. The first-order valence-electron chi connectivity index (χ1n) is 42.4. The third-order valence-electron chi connectivity index (χ3n) is 21.2. The molecule has 45 nitrogen and oxygen atoms in total. The Bertz CT molecular complexity index is 3290. The molecule has 14 N–H and O–H groups in total. The van der Waals surface area contributed by atoms with Gasteiger partial charge in [0.2, 0.25) is 0 Å². The molecular formula is C74H137O45P5. The van der Waals surface area contributed by atoms with Crippen molar-refractivity contribution < 1.29 is 214 Å². The fourth-order valence-electron chi connectivity index (χ4n) is 14.0. The lowest BCUT2D eigenvalue weighted by Crippen LogP contribution is -2.55. The van der Waals surface area contributed by atoms with E-state index in [1.807, 2.05) is 0 Å². The molecule has 0 spiro atoms. The minimum Gasteiger partial charge on any atom is -0.394 e. The lowest BCUT2D eigenvalue weighted by atomic mass is 9.86. The monoisotopic (exact) mass is 1900 g/mol. The molecule has 29 atom stereocenters. The average Bonchev–Trinajstić information content (AvgIpc) is 1.80. The van der Waals surface area contributed by atoms with E-state index in [1.54, 1.807) is 48.5 Å². The zero-order valence-corrected chi connectivity index (χ0v) is 76.1. The van der Waals surface area contributed by atoms with Gasteiger partial charge in [-0.1, -0.05) is 85.5 Å². The van der Waals surface area contributed by atoms with Gasteiger partial charge in [-0.15, -0.1) is 0 Å². The van der Waals surface area contributed by atoms with Crippen LogP contribution in [0.2, 0.25) is 0 Å². The van der Waals surface area contributed by atoms with E-state index in [9.17, 15) is 108 Å². The summed E-state index contributed by atoms with van der Waals surface area (Å²) in [6.07, 6.45) is -13.2. The number of carbonyl (C=O) groups is 3. The predicted octanol–water partition coefficient (Wildman–Crippen LogP) is 4.24. The number of unbranched alkanes of at least 4 members (excludes halogenated alkanes) is 12. The maximum absolute atomic E-state index is 13.5. The largest absolute Gasteiger partial charge is 0.472 e. The highest BCUT2D eigenvalue weighted by Crippen LogP contribution is 2.53. The number of hydrogen-bond acceptors (Lipinski definition) is 40. The zero-order chi connectivity index (χ0) is 91.4. The first-order chi connectivity index (χ1) is 58.6. The van der Waals surface area contributed by atoms with Crippen LogP contribution in [0.5, 0.6) is 0 Å². The molecule has 0 aromatic carbocycles. The van der Waals surface area contributed by atoms with Gasteiger partial charge in [0, 0.05) is 82.0 Å². The Morgan fingerprint density at radius 1 is 0.315 bits per heavy atom. The number of carbonyl (C=O) groups excluding carboxylic acids is 3. The molecular weight excluding hydrogens is 1760 g/mol. The van der Waals surface area contributed by atoms with Gasteiger partial charge >= 0.3 is 39.1 Å². The number of aliphatic hydroxyl groups is 9. The van der Waals surface area contributed by atoms with Gasteiger partial charge in [0.15, 0.2) is 55.1 Å². The summed E-state index contributed by atoms with van der Waals surface area (Å²) in [4.78, 5) is 91.4. The van der Waals surface area contributed by atoms with E-state index in [2.05, 4.69) is 0 Å². The number of Topliss-reactive ketones (excluding diaryl/α,β-unsaturated/α-hetero) is 3. The molecule has 0 bridgehead atoms. The van der Waals surface area contributed by atoms with Crippen molar-refractivity contribution in [3.05, 3.63) is 0 Å². The Hall–Kier alpha value is -1.32. The Kier molecular flexibility index (Phi) is 50.4. The van der Waals surface area contributed by atoms with Gasteiger partial charge in [-0.2, -0.15) is 0 Å². The number of ether oxygens (including phenoxy) is 13. The molecule has 6 fully saturated rings. The quantitative estimate of drug-likeness (QED) is 0.0299. The van der Waals surface area contributed by atoms with Gasteiger partial charge in [0.1, 0.15) is 80.9 Å². The summed E-state index contributed by atoms with van der Waals surface area (Å²) >= 11 is 0. The van der Waals surface area contributed by atoms with Crippen LogP contribution in [0.15, 0.2) is 0 Å². The van der Waals surface area contributed by atoms with Crippen molar-refractivity contribution >= 4 is 56.5 Å². The normalized spacial score (nSPS) is 33.1. The third-order valence-corrected chi connectivity index (χ3v) is 26.3. The average molecular weight is 1900 g/mol. The molecule has 6 heterocycles. The summed E-state index contributed by atoms with van der Waals surface area (Å²) in [5.41, 5.74) is -0.603. The standard InChI is InChI=1S/C74H137O45P5/c1-47-57(38-75)114-71(48(2)66(47)82)100-42-51(79)23-17-12-9-15-21-27-98-64-36-55(118-122(91,92)106-30-29-103-74(5,6)7)61(112-64)45-109-121(89,90)105-32-34-108-124(95,96)119-56-37-65(99-28-22-16-10-13-19-25-53(81)44-102-73-50(4)68(84)70(86)60(41-78)116-73)113-62(56)46-110-120(87,88)104-31-33-107-123(93,94)117-54-35-63(111-58(54)39-76)97-26-20-14-8-11-18-24-52(80)43-101-72-49(3)67(83)69(85)59(40-77)115-72/h47-50,54-73,75-78,82-86H,8-46H2,1-7H3,(H,87,88)(H,89,90)(H,91,92)(H,93,94)(H,95,96)/t47-,48?,49?,50?,54?,55+,56+,57?,58+,59?,60?,61?,62?,63-,64-,65-,66-,67+,68+,69-,70-,71+,72+,73+/m0/s1. The molecule has 6 aliphatic rings. The van der Waals surface area contributed by atoms with E-state index in [0.29, 0.717) is 83.5 Å². The van der Waals surface area contributed by atoms with Crippen molar-refractivity contribution in [3.8, 4) is 0 Å². The highest BCUT2D eigenvalue weighted by molar-refractivity contribution is 7.48. The van der Waals surface area contributed by atoms with Crippen LogP contribution in [0.25, 0.3) is 0 Å². The van der Waals surface area contributed by atoms with Crippen LogP contribution in [0.4, 0.5) is 0 Å². The van der Waals surface area contributed by atoms with E-state index >= 15 is 0 Å². The Balaban J connectivity index is 0.928. The molecule has 0 amide bonds. The molecule has 14 unspecified atom stereocenters. The van der Waals surface area contributed by atoms with Gasteiger partial charge in [-0.05, 0) is 59.3 Å². The number of hydrogen-bond donors (Lipinski definition) is 14. The summed E-state index contributed by atoms with van der Waals surface area (Å²) < 4.78 is 192. The van der Waals surface area contributed by atoms with Gasteiger partial charge < -0.3 is 132 Å². The van der Waals surface area contributed by atoms with Crippen LogP contribution in [-0.4, -0.2) is 335 Å². The molecule has 6 rings (SSSR count). The summed E-state index contributed by atoms with van der Waals surface area (Å²) in [7, 11) is -25.3. The van der Waals surface area contributed by atoms with E-state index in [-0.39, 0.29) is 121 Å². The number of phosphoric ester groups is 5. The van der Waals surface area contributed by atoms with Crippen LogP contribution in [0.1, 0.15) is 183 Å². The van der Waals surface area contributed by atoms with Crippen LogP contribution >= 0.6 is 39.1 Å². The van der Waals surface area contributed by atoms with Crippen molar-refractivity contribution in [2.45, 2.75) is 312 Å². The van der Waals surface area contributed by atoms with E-state index < -0.39 is 245 Å². The minimum absolute atomic E-state index is 0.0538. The second-order valence-electron chi connectivity index (χ2n) is 32.5. The molecule has 124 heavy (non-hydrogen) atoms. The highest BCUT2D eigenvalue weighted by Gasteiger charge is 2.49. The highest BCUT2D eigenvalue weighted by atomic mass is 31.2. The Morgan fingerprint density at radius 2 is 0.597 bits per heavy atom. The fraction of sp³-hybridized carbons (Fsp3) is 0.959. The lowest BCUT2D eigenvalue weighted by molar-refractivity contribution is -0.280. The third kappa shape index (κ3) is 41.3. The summed E-state index contributed by atoms with van der Waals surface area (Å²) in [5, 5.41) is 89.8. The molecule has 0 aromatic heterocycles. The van der Waals surface area contributed by atoms with Crippen LogP contribution in [0.3, 0.4) is 0 Å². The summed E-state index contributed by atoms with van der Waals surface area (Å²) in [6.45, 7) is 3.91. The smallest absolute Gasteiger partial charge is 0.394 e. The van der Waals surface area contributed by atoms with Gasteiger partial charge in [-0.25, -0.2) is 22.8 Å². The van der Waals surface area contributed by atoms with Crippen molar-refractivity contribution in [2.24, 2.45) is 23.7 Å². The van der Waals surface area contributed by atoms with Crippen molar-refractivity contribution in [3.63, 3.8) is 0 Å². The molecule has 0 saturated carbocycles. The zero-order valence-electron chi connectivity index (χ0n) is 71.6. The number of phosphoric acid groups is 5. The predicted molar refractivity (Wildman–Crippen MR) is 426 cm³/mol. The number of rotatable bonds is 66. The number of ketones is 3. The Labute approximate surface area is 722 Å². The van der Waals surface area contributed by atoms with Gasteiger partial charge in [0.05, 0.1) is 109 Å². The van der Waals surface area contributed by atoms with Crippen LogP contribution in [0, 0.1) is 23.7 Å². The fourth-order valence-corrected chi connectivity index (χ4v) is 18.2. The van der Waals surface area contributed by atoms with E-state index in [0.717, 1.165) is 12.8 Å². The molecule has 6 aliphatic heterocycles. The van der Waals surface area contributed by atoms with Crippen molar-refractivity contribution in [1.29, 1.82) is 0 Å². The van der Waals surface area contributed by atoms with E-state index in [1.165, 1.54) is 0 Å². The van der Waals surface area contributed by atoms with Crippen molar-refractivity contribution in [2.75, 3.05) is 119 Å². The summed E-state index contributed by atoms with van der Waals surface area (Å²) in [5.74, 6) is -2.61. The first-order valence-corrected chi connectivity index (χ1v) is 49.9. The topological polar surface area (TPSA) is 632 Å². The van der Waals surface area contributed by atoms with Crippen LogP contribution < -0.4 is 0 Å². The Morgan fingerprint density at radius 3 is 0.927 bits per heavy atom. The summed E-state index contributed by atoms with van der Waals surface area (Å²) in [6, 6.07) is 0. The van der Waals surface area contributed by atoms with Gasteiger partial charge in [0.25, 0.3) is 0 Å². The number of aliphatic hydroxyl groups excluding tert-OH is 9. The van der Waals surface area contributed by atoms with E-state index in [4.69, 9.17) is 107 Å². The molecule has 728 valence electrons. The minimum atomic E-state index is -5.23. The molecule has 0 radical (unpaired) electrons. The molecule has 0 aromatic rings. The maximum Gasteiger partial charge on any atom is 0.472 e. The van der Waals surface area contributed by atoms with Crippen molar-refractivity contribution in [1.82, 2.24) is 0 Å². The molecule has 50 heteroatoms. The van der Waals surface area contributed by atoms with Gasteiger partial charge in [-0.3, -0.25) is 59.6 Å². The SMILES string of the molecule is CC1[C@H](OCC(=O)CCCCCCCO[C@@H]2C[C@@H](OP(=O)(O)OCCOC(C)(C)C)C(COP(=O)(O)OCCOP(=O)(O)O[C@@H]3C[C@@H](OCCCCCCCC(=O)CO[C@@H]4OC(CO)[C@H](O)[C@H](O)C4C)OC3COP(=O)(O)OCCOP(=O)(O)OC3C[C@@H](OCCCCCCCC(=O)CO[C@@H]4OC(CO)[C@H](O)[C@H](O)C4C)O[C@@H]3CO)O2)OC(CO)[C@H](C)[C@@H]1O. The molecule has 0 aliphatic carbocycles. The molecule has 6 saturated heterocycles. The lowest BCUT2D eigenvalue weighted by Gasteiger charge is -2.41. The maximum atomic E-state index is 13.5.